The Morgan fingerprint density at radius 2 is 1.78 bits per heavy atom. The maximum atomic E-state index is 11.6. The van der Waals surface area contributed by atoms with Gasteiger partial charge in [-0.15, -0.1) is 10.2 Å². The van der Waals surface area contributed by atoms with Crippen LogP contribution in [0.5, 0.6) is 0 Å². The van der Waals surface area contributed by atoms with Crippen LogP contribution in [0.4, 0.5) is 0 Å². The van der Waals surface area contributed by atoms with Crippen LogP contribution < -0.4 is 5.48 Å². The zero-order valence-corrected chi connectivity index (χ0v) is 16.0. The van der Waals surface area contributed by atoms with Gasteiger partial charge in [-0.3, -0.25) is 14.2 Å². The van der Waals surface area contributed by atoms with E-state index in [2.05, 4.69) is 20.2 Å². The molecule has 1 heterocycles. The van der Waals surface area contributed by atoms with E-state index in [4.69, 9.17) is 4.84 Å². The van der Waals surface area contributed by atoms with Gasteiger partial charge in [-0.05, 0) is 25.5 Å². The molecule has 0 radical (unpaired) electrons. The van der Waals surface area contributed by atoms with Crippen molar-refractivity contribution >= 4 is 17.7 Å². The predicted octanol–water partition coefficient (Wildman–Crippen LogP) is 3.87. The van der Waals surface area contributed by atoms with Crippen molar-refractivity contribution in [3.8, 4) is 17.1 Å². The summed E-state index contributed by atoms with van der Waals surface area (Å²) in [5.41, 5.74) is 4.44. The summed E-state index contributed by atoms with van der Waals surface area (Å²) in [5, 5.41) is 9.61. The summed E-state index contributed by atoms with van der Waals surface area (Å²) in [6.45, 7) is 2.29. The van der Waals surface area contributed by atoms with E-state index in [9.17, 15) is 4.79 Å². The third kappa shape index (κ3) is 5.18. The summed E-state index contributed by atoms with van der Waals surface area (Å²) in [5.74, 6) is 1.46. The minimum atomic E-state index is -0.105. The number of hydrogen-bond acceptors (Lipinski definition) is 5. The lowest BCUT2D eigenvalue weighted by Gasteiger charge is -2.10. The molecule has 0 saturated carbocycles. The van der Waals surface area contributed by atoms with Crippen molar-refractivity contribution < 1.29 is 9.63 Å². The van der Waals surface area contributed by atoms with Crippen LogP contribution in [0.3, 0.4) is 0 Å². The number of hydrogen-bond donors (Lipinski definition) is 1. The number of rotatable bonds is 9. The van der Waals surface area contributed by atoms with Crippen LogP contribution in [0, 0.1) is 0 Å². The number of carbonyl (C=O) groups is 1. The smallest absolute Gasteiger partial charge is 0.243 e. The molecule has 7 heteroatoms. The van der Waals surface area contributed by atoms with Crippen molar-refractivity contribution in [2.24, 2.45) is 0 Å². The fourth-order valence-electron chi connectivity index (χ4n) is 2.55. The quantitative estimate of drug-likeness (QED) is 0.346. The van der Waals surface area contributed by atoms with Crippen molar-refractivity contribution in [2.75, 3.05) is 12.4 Å². The van der Waals surface area contributed by atoms with Gasteiger partial charge in [0.1, 0.15) is 0 Å². The minimum absolute atomic E-state index is 0.105. The lowest BCUT2D eigenvalue weighted by molar-refractivity contribution is -0.133. The van der Waals surface area contributed by atoms with Gasteiger partial charge < -0.3 is 0 Å². The van der Waals surface area contributed by atoms with E-state index in [-0.39, 0.29) is 5.91 Å². The molecule has 2 aromatic carbocycles. The van der Waals surface area contributed by atoms with Gasteiger partial charge in [0, 0.05) is 23.4 Å². The monoisotopic (exact) mass is 382 g/mol. The molecule has 0 saturated heterocycles. The number of para-hydroxylation sites is 1. The van der Waals surface area contributed by atoms with Crippen molar-refractivity contribution in [1.82, 2.24) is 20.2 Å². The van der Waals surface area contributed by atoms with Crippen LogP contribution in [0.25, 0.3) is 17.1 Å². The molecule has 1 N–H and O–H groups in total. The Balaban J connectivity index is 1.74. The van der Waals surface area contributed by atoms with Gasteiger partial charge >= 0.3 is 0 Å². The summed E-state index contributed by atoms with van der Waals surface area (Å²) in [6, 6.07) is 20.1. The molecule has 0 atom stereocenters. The zero-order chi connectivity index (χ0) is 18.9. The topological polar surface area (TPSA) is 69.0 Å². The molecule has 0 aliphatic heterocycles. The molecule has 3 aromatic rings. The third-order valence-electron chi connectivity index (χ3n) is 3.79. The normalized spacial score (nSPS) is 10.7. The molecule has 0 fully saturated rings. The third-order valence-corrected chi connectivity index (χ3v) is 4.80. The SMILES string of the molecule is CCONC(=O)CCCSc1nnc(-c2ccccc2)n1-c1ccccc1. The van der Waals surface area contributed by atoms with Crippen LogP contribution in [0.2, 0.25) is 0 Å². The lowest BCUT2D eigenvalue weighted by Crippen LogP contribution is -2.23. The Kier molecular flexibility index (Phi) is 7.01. The van der Waals surface area contributed by atoms with Crippen molar-refractivity contribution in [3.63, 3.8) is 0 Å². The van der Waals surface area contributed by atoms with E-state index < -0.39 is 0 Å². The molecule has 27 heavy (non-hydrogen) atoms. The molecular weight excluding hydrogens is 360 g/mol. The summed E-state index contributed by atoms with van der Waals surface area (Å²) >= 11 is 1.59. The maximum Gasteiger partial charge on any atom is 0.243 e. The van der Waals surface area contributed by atoms with Gasteiger partial charge in [0.25, 0.3) is 0 Å². The average molecular weight is 382 g/mol. The molecule has 3 rings (SSSR count). The fraction of sp³-hybridized carbons (Fsp3) is 0.250. The number of amides is 1. The fourth-order valence-corrected chi connectivity index (χ4v) is 3.44. The molecule has 140 valence electrons. The molecule has 0 aliphatic rings. The second-order valence-corrected chi connectivity index (χ2v) is 6.82. The summed E-state index contributed by atoms with van der Waals surface area (Å²) in [7, 11) is 0. The summed E-state index contributed by atoms with van der Waals surface area (Å²) in [4.78, 5) is 16.5. The molecule has 0 spiro atoms. The van der Waals surface area contributed by atoms with Gasteiger partial charge in [-0.2, -0.15) is 0 Å². The standard InChI is InChI=1S/C20H22N4O2S/c1-2-26-23-18(25)14-9-15-27-20-22-21-19(16-10-5-3-6-11-16)24(20)17-12-7-4-8-13-17/h3-8,10-13H,2,9,14-15H2,1H3,(H,23,25). The average Bonchev–Trinajstić information content (AvgIpc) is 3.15. The number of carbonyl (C=O) groups excluding carboxylic acids is 1. The van der Waals surface area contributed by atoms with Gasteiger partial charge in [0.15, 0.2) is 11.0 Å². The van der Waals surface area contributed by atoms with Crippen molar-refractivity contribution in [1.29, 1.82) is 0 Å². The lowest BCUT2D eigenvalue weighted by atomic mass is 10.2. The highest BCUT2D eigenvalue weighted by atomic mass is 32.2. The molecule has 6 nitrogen and oxygen atoms in total. The number of nitrogens with one attached hydrogen (secondary N) is 1. The first kappa shape index (κ1) is 19.1. The number of nitrogens with zero attached hydrogens (tertiary/aromatic N) is 3. The highest BCUT2D eigenvalue weighted by Gasteiger charge is 2.15. The largest absolute Gasteiger partial charge is 0.274 e. The van der Waals surface area contributed by atoms with Crippen LogP contribution in [0.15, 0.2) is 65.8 Å². The van der Waals surface area contributed by atoms with E-state index in [1.54, 1.807) is 11.8 Å². The number of thioether (sulfide) groups is 1. The Morgan fingerprint density at radius 3 is 2.48 bits per heavy atom. The van der Waals surface area contributed by atoms with E-state index in [1.165, 1.54) is 0 Å². The van der Waals surface area contributed by atoms with E-state index in [0.717, 1.165) is 34.4 Å². The van der Waals surface area contributed by atoms with Crippen LogP contribution >= 0.6 is 11.8 Å². The van der Waals surface area contributed by atoms with Crippen LogP contribution in [0.1, 0.15) is 19.8 Å². The van der Waals surface area contributed by atoms with Crippen molar-refractivity contribution in [2.45, 2.75) is 24.9 Å². The van der Waals surface area contributed by atoms with E-state index in [1.807, 2.05) is 67.6 Å². The van der Waals surface area contributed by atoms with Gasteiger partial charge in [-0.1, -0.05) is 60.3 Å². The second kappa shape index (κ2) is 9.89. The number of aromatic nitrogens is 3. The van der Waals surface area contributed by atoms with Crippen molar-refractivity contribution in [3.05, 3.63) is 60.7 Å². The predicted molar refractivity (Wildman–Crippen MR) is 107 cm³/mol. The van der Waals surface area contributed by atoms with E-state index >= 15 is 0 Å². The first-order valence-corrected chi connectivity index (χ1v) is 9.88. The molecule has 1 amide bonds. The summed E-state index contributed by atoms with van der Waals surface area (Å²) < 4.78 is 2.06. The first-order chi connectivity index (χ1) is 13.3. The van der Waals surface area contributed by atoms with Gasteiger partial charge in [0.05, 0.1) is 6.61 Å². The molecule has 0 aliphatic carbocycles. The Hall–Kier alpha value is -2.64. The molecule has 0 unspecified atom stereocenters. The number of benzene rings is 2. The van der Waals surface area contributed by atoms with Gasteiger partial charge in [0.2, 0.25) is 5.91 Å². The van der Waals surface area contributed by atoms with E-state index in [0.29, 0.717) is 13.0 Å². The van der Waals surface area contributed by atoms with Crippen LogP contribution in [-0.2, 0) is 9.63 Å². The highest BCUT2D eigenvalue weighted by molar-refractivity contribution is 7.99. The molecule has 0 bridgehead atoms. The Morgan fingerprint density at radius 1 is 1.07 bits per heavy atom. The molecular formula is C20H22N4O2S. The Bertz CT molecular complexity index is 853. The highest BCUT2D eigenvalue weighted by Crippen LogP contribution is 2.28. The first-order valence-electron chi connectivity index (χ1n) is 8.89. The number of hydroxylamine groups is 1. The van der Waals surface area contributed by atoms with Gasteiger partial charge in [-0.25, -0.2) is 5.48 Å². The maximum absolute atomic E-state index is 11.6. The minimum Gasteiger partial charge on any atom is -0.274 e. The summed E-state index contributed by atoms with van der Waals surface area (Å²) in [6.07, 6.45) is 1.14. The Labute approximate surface area is 162 Å². The second-order valence-electron chi connectivity index (χ2n) is 5.75. The van der Waals surface area contributed by atoms with Crippen LogP contribution in [-0.4, -0.2) is 33.0 Å². The zero-order valence-electron chi connectivity index (χ0n) is 15.2. The molecule has 1 aromatic heterocycles.